The molecule has 0 aliphatic carbocycles. The minimum atomic E-state index is -0.107. The normalized spacial score (nSPS) is 12.8. The summed E-state index contributed by atoms with van der Waals surface area (Å²) in [5.74, 6) is 0.144. The molecule has 0 bridgehead atoms. The van der Waals surface area contributed by atoms with Crippen LogP contribution in [0.1, 0.15) is 38.4 Å². The highest BCUT2D eigenvalue weighted by atomic mass is 16.1. The summed E-state index contributed by atoms with van der Waals surface area (Å²) >= 11 is 0. The van der Waals surface area contributed by atoms with Gasteiger partial charge in [-0.05, 0) is 20.3 Å². The summed E-state index contributed by atoms with van der Waals surface area (Å²) in [5, 5.41) is 2.71. The number of ketones is 1. The second-order valence-corrected chi connectivity index (χ2v) is 3.60. The molecule has 0 spiro atoms. The lowest BCUT2D eigenvalue weighted by Crippen LogP contribution is -2.16. The van der Waals surface area contributed by atoms with Gasteiger partial charge in [-0.2, -0.15) is 0 Å². The number of hydrogen-bond donors (Lipinski definition) is 1. The van der Waals surface area contributed by atoms with E-state index in [4.69, 9.17) is 0 Å². The molecule has 0 aromatic carbocycles. The van der Waals surface area contributed by atoms with Gasteiger partial charge in [0.25, 0.3) is 5.56 Å². The fourth-order valence-corrected chi connectivity index (χ4v) is 1.63. The smallest absolute Gasteiger partial charge is 0.264 e. The van der Waals surface area contributed by atoms with Gasteiger partial charge in [0.1, 0.15) is 5.78 Å². The molecule has 1 aromatic heterocycles. The van der Waals surface area contributed by atoms with Crippen molar-refractivity contribution < 1.29 is 4.79 Å². The zero-order valence-corrected chi connectivity index (χ0v) is 8.83. The van der Waals surface area contributed by atoms with Gasteiger partial charge in [0.05, 0.1) is 6.04 Å². The van der Waals surface area contributed by atoms with Crippen LogP contribution in [0.3, 0.4) is 0 Å². The van der Waals surface area contributed by atoms with Crippen molar-refractivity contribution in [3.63, 3.8) is 0 Å². The molecule has 0 fully saturated rings. The fraction of sp³-hybridized carbons (Fsp3) is 0.600. The first-order valence-electron chi connectivity index (χ1n) is 4.82. The van der Waals surface area contributed by atoms with Gasteiger partial charge in [0.2, 0.25) is 0 Å². The van der Waals surface area contributed by atoms with Gasteiger partial charge < -0.3 is 0 Å². The number of aromatic amines is 1. The lowest BCUT2D eigenvalue weighted by molar-refractivity contribution is -0.117. The Morgan fingerprint density at radius 2 is 2.29 bits per heavy atom. The van der Waals surface area contributed by atoms with E-state index < -0.39 is 0 Å². The van der Waals surface area contributed by atoms with Crippen LogP contribution in [0, 0.1) is 6.92 Å². The van der Waals surface area contributed by atoms with E-state index in [-0.39, 0.29) is 17.4 Å². The highest BCUT2D eigenvalue weighted by molar-refractivity contribution is 5.75. The second kappa shape index (κ2) is 4.26. The summed E-state index contributed by atoms with van der Waals surface area (Å²) in [4.78, 5) is 22.1. The monoisotopic (exact) mass is 196 g/mol. The van der Waals surface area contributed by atoms with Gasteiger partial charge in [0.15, 0.2) is 0 Å². The second-order valence-electron chi connectivity index (χ2n) is 3.60. The Morgan fingerprint density at radius 3 is 2.64 bits per heavy atom. The van der Waals surface area contributed by atoms with Gasteiger partial charge in [-0.25, -0.2) is 0 Å². The number of hydrogen-bond acceptors (Lipinski definition) is 2. The molecular formula is C10H16N2O2. The molecule has 0 amide bonds. The number of nitrogens with zero attached hydrogens (tertiary/aromatic N) is 1. The molecule has 4 nitrogen and oxygen atoms in total. The zero-order chi connectivity index (χ0) is 10.7. The summed E-state index contributed by atoms with van der Waals surface area (Å²) in [6.07, 6.45) is 1.31. The van der Waals surface area contributed by atoms with E-state index in [0.29, 0.717) is 6.42 Å². The van der Waals surface area contributed by atoms with Crippen LogP contribution in [0.5, 0.6) is 0 Å². The summed E-state index contributed by atoms with van der Waals surface area (Å²) in [5.41, 5.74) is 0.771. The molecule has 1 N–H and O–H groups in total. The lowest BCUT2D eigenvalue weighted by atomic mass is 10.1. The minimum absolute atomic E-state index is 0.0789. The Kier molecular flexibility index (Phi) is 3.28. The van der Waals surface area contributed by atoms with Crippen molar-refractivity contribution in [3.8, 4) is 0 Å². The van der Waals surface area contributed by atoms with Crippen LogP contribution in [0.4, 0.5) is 0 Å². The quantitative estimate of drug-likeness (QED) is 0.791. The number of aromatic nitrogens is 2. The standard InChI is InChI=1S/C10H16N2O2/c1-4-9(6-8(3)13)12-7(2)5-10(14)11-12/h5,9H,4,6H2,1-3H3,(H,11,14)/t9-/m1/s1. The van der Waals surface area contributed by atoms with Crippen LogP contribution >= 0.6 is 0 Å². The maximum atomic E-state index is 11.1. The van der Waals surface area contributed by atoms with Gasteiger partial charge in [-0.3, -0.25) is 19.4 Å². The van der Waals surface area contributed by atoms with Crippen molar-refractivity contribution in [2.45, 2.75) is 39.7 Å². The Labute approximate surface area is 82.9 Å². The lowest BCUT2D eigenvalue weighted by Gasteiger charge is -2.16. The third kappa shape index (κ3) is 2.34. The summed E-state index contributed by atoms with van der Waals surface area (Å²) < 4.78 is 1.78. The molecule has 1 aromatic rings. The molecule has 0 saturated heterocycles. The number of H-pyrrole nitrogens is 1. The van der Waals surface area contributed by atoms with Gasteiger partial charge in [0, 0.05) is 18.2 Å². The number of carbonyl (C=O) groups is 1. The average Bonchev–Trinajstić information content (AvgIpc) is 2.41. The molecule has 0 aliphatic heterocycles. The Morgan fingerprint density at radius 1 is 1.64 bits per heavy atom. The zero-order valence-electron chi connectivity index (χ0n) is 8.83. The first kappa shape index (κ1) is 10.8. The van der Waals surface area contributed by atoms with Crippen molar-refractivity contribution in [2.24, 2.45) is 0 Å². The van der Waals surface area contributed by atoms with Crippen molar-refractivity contribution in [2.75, 3.05) is 0 Å². The predicted molar refractivity (Wildman–Crippen MR) is 54.4 cm³/mol. The number of aryl methyl sites for hydroxylation is 1. The summed E-state index contributed by atoms with van der Waals surface area (Å²) in [6.45, 7) is 5.44. The predicted octanol–water partition coefficient (Wildman–Crippen LogP) is 1.42. The topological polar surface area (TPSA) is 54.9 Å². The van der Waals surface area contributed by atoms with Crippen LogP contribution in [0.2, 0.25) is 0 Å². The minimum Gasteiger partial charge on any atom is -0.300 e. The third-order valence-corrected chi connectivity index (χ3v) is 2.31. The van der Waals surface area contributed by atoms with E-state index in [2.05, 4.69) is 5.10 Å². The van der Waals surface area contributed by atoms with Crippen LogP contribution in [-0.2, 0) is 4.79 Å². The molecule has 1 rings (SSSR count). The molecule has 4 heteroatoms. The van der Waals surface area contributed by atoms with Gasteiger partial charge in [-0.1, -0.05) is 6.92 Å². The van der Waals surface area contributed by atoms with E-state index in [1.54, 1.807) is 17.7 Å². The van der Waals surface area contributed by atoms with Crippen LogP contribution in [0.25, 0.3) is 0 Å². The van der Waals surface area contributed by atoms with E-state index in [1.807, 2.05) is 13.8 Å². The maximum absolute atomic E-state index is 11.1. The van der Waals surface area contributed by atoms with E-state index in [1.165, 1.54) is 0 Å². The van der Waals surface area contributed by atoms with Crippen molar-refractivity contribution in [1.29, 1.82) is 0 Å². The number of Topliss-reactive ketones (excluding diaryl/α,β-unsaturated/α-hetero) is 1. The van der Waals surface area contributed by atoms with Crippen LogP contribution in [0.15, 0.2) is 10.9 Å². The number of rotatable bonds is 4. The summed E-state index contributed by atoms with van der Waals surface area (Å²) in [6, 6.07) is 1.62. The molecule has 0 radical (unpaired) electrons. The summed E-state index contributed by atoms with van der Waals surface area (Å²) in [7, 11) is 0. The molecular weight excluding hydrogens is 180 g/mol. The molecule has 0 aliphatic rings. The third-order valence-electron chi connectivity index (χ3n) is 2.31. The number of nitrogens with one attached hydrogen (secondary N) is 1. The molecule has 78 valence electrons. The molecule has 0 unspecified atom stereocenters. The Bertz CT molecular complexity index is 376. The van der Waals surface area contributed by atoms with Crippen molar-refractivity contribution in [3.05, 3.63) is 22.1 Å². The first-order chi connectivity index (χ1) is 6.54. The first-order valence-corrected chi connectivity index (χ1v) is 4.82. The van der Waals surface area contributed by atoms with Crippen molar-refractivity contribution >= 4 is 5.78 Å². The SMILES string of the molecule is CC[C@H](CC(C)=O)n1[nH]c(=O)cc1C. The van der Waals surface area contributed by atoms with E-state index >= 15 is 0 Å². The average molecular weight is 196 g/mol. The molecule has 1 heterocycles. The van der Waals surface area contributed by atoms with Gasteiger partial charge >= 0.3 is 0 Å². The van der Waals surface area contributed by atoms with Crippen LogP contribution in [-0.4, -0.2) is 15.6 Å². The van der Waals surface area contributed by atoms with E-state index in [9.17, 15) is 9.59 Å². The highest BCUT2D eigenvalue weighted by Crippen LogP contribution is 2.15. The maximum Gasteiger partial charge on any atom is 0.264 e. The highest BCUT2D eigenvalue weighted by Gasteiger charge is 2.13. The Balaban J connectivity index is 2.94. The largest absolute Gasteiger partial charge is 0.300 e. The number of carbonyl (C=O) groups excluding carboxylic acids is 1. The Hall–Kier alpha value is -1.32. The van der Waals surface area contributed by atoms with Crippen molar-refractivity contribution in [1.82, 2.24) is 9.78 Å². The van der Waals surface area contributed by atoms with Gasteiger partial charge in [-0.15, -0.1) is 0 Å². The van der Waals surface area contributed by atoms with E-state index in [0.717, 1.165) is 12.1 Å². The van der Waals surface area contributed by atoms with Crippen LogP contribution < -0.4 is 5.56 Å². The molecule has 1 atom stereocenters. The fourth-order valence-electron chi connectivity index (χ4n) is 1.63. The molecule has 0 saturated carbocycles. The molecule has 14 heavy (non-hydrogen) atoms.